The third-order valence-corrected chi connectivity index (χ3v) is 4.71. The fourth-order valence-corrected chi connectivity index (χ4v) is 2.96. The molecule has 4 nitrogen and oxygen atoms in total. The summed E-state index contributed by atoms with van der Waals surface area (Å²) in [4.78, 5) is 12.7. The third-order valence-electron chi connectivity index (χ3n) is 4.71. The van der Waals surface area contributed by atoms with Crippen molar-refractivity contribution in [2.24, 2.45) is 0 Å². The molecule has 132 valence electrons. The summed E-state index contributed by atoms with van der Waals surface area (Å²) in [6.45, 7) is 4.78. The van der Waals surface area contributed by atoms with Gasteiger partial charge in [-0.15, -0.1) is 0 Å². The summed E-state index contributed by atoms with van der Waals surface area (Å²) in [5.41, 5.74) is 5.96. The molecule has 1 heterocycles. The van der Waals surface area contributed by atoms with Crippen molar-refractivity contribution in [3.8, 4) is 11.3 Å². The molecule has 0 radical (unpaired) electrons. The lowest BCUT2D eigenvalue weighted by molar-refractivity contribution is 0.0951. The topological polar surface area (TPSA) is 46.9 Å². The van der Waals surface area contributed by atoms with Crippen molar-refractivity contribution in [2.45, 2.75) is 39.3 Å². The number of hydrogen-bond acceptors (Lipinski definition) is 2. The first-order valence-corrected chi connectivity index (χ1v) is 9.09. The van der Waals surface area contributed by atoms with E-state index in [4.69, 9.17) is 5.10 Å². The molecule has 1 aliphatic carbocycles. The summed E-state index contributed by atoms with van der Waals surface area (Å²) < 4.78 is 1.86. The van der Waals surface area contributed by atoms with Crippen LogP contribution in [0, 0.1) is 13.8 Å². The second-order valence-corrected chi connectivity index (χ2v) is 7.19. The number of amides is 1. The van der Waals surface area contributed by atoms with Crippen LogP contribution in [0.4, 0.5) is 0 Å². The molecule has 1 aliphatic rings. The molecule has 0 spiro atoms. The van der Waals surface area contributed by atoms with Crippen molar-refractivity contribution in [3.63, 3.8) is 0 Å². The Hall–Kier alpha value is -2.88. The van der Waals surface area contributed by atoms with E-state index in [-0.39, 0.29) is 5.91 Å². The van der Waals surface area contributed by atoms with E-state index in [1.165, 1.54) is 16.7 Å². The number of aromatic nitrogens is 2. The van der Waals surface area contributed by atoms with Gasteiger partial charge in [-0.25, -0.2) is 0 Å². The average molecular weight is 345 g/mol. The first kappa shape index (κ1) is 16.6. The zero-order valence-corrected chi connectivity index (χ0v) is 15.2. The average Bonchev–Trinajstić information content (AvgIpc) is 3.34. The largest absolute Gasteiger partial charge is 0.349 e. The minimum absolute atomic E-state index is 0.0294. The second kappa shape index (κ2) is 6.79. The summed E-state index contributed by atoms with van der Waals surface area (Å²) in [6, 6.07) is 16.9. The van der Waals surface area contributed by atoms with Crippen molar-refractivity contribution in [1.82, 2.24) is 15.1 Å². The van der Waals surface area contributed by atoms with E-state index in [1.54, 1.807) is 0 Å². The molecule has 0 saturated heterocycles. The fourth-order valence-electron chi connectivity index (χ4n) is 2.96. The van der Waals surface area contributed by atoms with Gasteiger partial charge in [0.2, 0.25) is 0 Å². The van der Waals surface area contributed by atoms with Gasteiger partial charge in [0.05, 0.1) is 12.1 Å². The Labute approximate surface area is 153 Å². The molecular weight excluding hydrogens is 322 g/mol. The van der Waals surface area contributed by atoms with E-state index >= 15 is 0 Å². The number of nitrogens with zero attached hydrogens (tertiary/aromatic N) is 2. The predicted octanol–water partition coefficient (Wildman–Crippen LogP) is 4.11. The number of aryl methyl sites for hydroxylation is 2. The Morgan fingerprint density at radius 2 is 1.65 bits per heavy atom. The van der Waals surface area contributed by atoms with Gasteiger partial charge in [-0.3, -0.25) is 9.48 Å². The van der Waals surface area contributed by atoms with Gasteiger partial charge in [0, 0.05) is 17.8 Å². The van der Waals surface area contributed by atoms with Crippen LogP contribution in [0.25, 0.3) is 11.3 Å². The summed E-state index contributed by atoms with van der Waals surface area (Å²) in [6.07, 6.45) is 4.01. The number of nitrogens with one attached hydrogen (secondary N) is 1. The molecule has 0 bridgehead atoms. The number of carbonyl (C=O) groups is 1. The van der Waals surface area contributed by atoms with Gasteiger partial charge in [0.1, 0.15) is 5.69 Å². The van der Waals surface area contributed by atoms with Gasteiger partial charge in [-0.2, -0.15) is 5.10 Å². The number of benzene rings is 2. The zero-order chi connectivity index (χ0) is 18.1. The van der Waals surface area contributed by atoms with Crippen LogP contribution < -0.4 is 5.32 Å². The van der Waals surface area contributed by atoms with Gasteiger partial charge in [-0.05, 0) is 32.3 Å². The molecule has 2 aromatic carbocycles. The lowest BCUT2D eigenvalue weighted by atomic mass is 10.1. The maximum absolute atomic E-state index is 12.7. The Bertz CT molecular complexity index is 919. The molecule has 0 aliphatic heterocycles. The van der Waals surface area contributed by atoms with Crippen LogP contribution in [-0.4, -0.2) is 21.7 Å². The Morgan fingerprint density at radius 3 is 2.27 bits per heavy atom. The summed E-state index contributed by atoms with van der Waals surface area (Å²) >= 11 is 0. The molecule has 26 heavy (non-hydrogen) atoms. The summed E-state index contributed by atoms with van der Waals surface area (Å²) in [5, 5.41) is 7.82. The van der Waals surface area contributed by atoms with E-state index < -0.39 is 0 Å². The van der Waals surface area contributed by atoms with Crippen LogP contribution in [-0.2, 0) is 6.54 Å². The summed E-state index contributed by atoms with van der Waals surface area (Å²) in [5.74, 6) is -0.0294. The molecule has 1 fully saturated rings. The Kier molecular flexibility index (Phi) is 4.33. The van der Waals surface area contributed by atoms with E-state index in [2.05, 4.69) is 55.6 Å². The van der Waals surface area contributed by atoms with E-state index in [0.29, 0.717) is 18.2 Å². The third kappa shape index (κ3) is 3.69. The first-order valence-electron chi connectivity index (χ1n) is 9.09. The second-order valence-electron chi connectivity index (χ2n) is 7.19. The van der Waals surface area contributed by atoms with Crippen LogP contribution in [0.15, 0.2) is 54.7 Å². The van der Waals surface area contributed by atoms with Gasteiger partial charge >= 0.3 is 0 Å². The van der Waals surface area contributed by atoms with Gasteiger partial charge < -0.3 is 5.32 Å². The smallest absolute Gasteiger partial charge is 0.255 e. The zero-order valence-electron chi connectivity index (χ0n) is 15.2. The first-order chi connectivity index (χ1) is 12.6. The van der Waals surface area contributed by atoms with E-state index in [1.807, 2.05) is 23.0 Å². The molecule has 1 amide bonds. The molecule has 3 aromatic rings. The Morgan fingerprint density at radius 1 is 1.04 bits per heavy atom. The van der Waals surface area contributed by atoms with E-state index in [0.717, 1.165) is 24.1 Å². The van der Waals surface area contributed by atoms with Gasteiger partial charge in [0.25, 0.3) is 5.91 Å². The molecule has 0 atom stereocenters. The van der Waals surface area contributed by atoms with Crippen molar-refractivity contribution < 1.29 is 4.79 Å². The van der Waals surface area contributed by atoms with Crippen LogP contribution >= 0.6 is 0 Å². The van der Waals surface area contributed by atoms with Crippen molar-refractivity contribution in [2.75, 3.05) is 0 Å². The maximum Gasteiger partial charge on any atom is 0.255 e. The minimum Gasteiger partial charge on any atom is -0.349 e. The highest BCUT2D eigenvalue weighted by Gasteiger charge is 2.26. The molecule has 4 heteroatoms. The molecule has 1 aromatic heterocycles. The monoisotopic (exact) mass is 345 g/mol. The quantitative estimate of drug-likeness (QED) is 0.756. The minimum atomic E-state index is -0.0294. The van der Waals surface area contributed by atoms with Crippen LogP contribution in [0.3, 0.4) is 0 Å². The van der Waals surface area contributed by atoms with Crippen molar-refractivity contribution >= 4 is 5.91 Å². The van der Waals surface area contributed by atoms with Crippen LogP contribution in [0.1, 0.15) is 39.9 Å². The maximum atomic E-state index is 12.7. The van der Waals surface area contributed by atoms with Gasteiger partial charge in [0.15, 0.2) is 0 Å². The predicted molar refractivity (Wildman–Crippen MR) is 103 cm³/mol. The van der Waals surface area contributed by atoms with Crippen molar-refractivity contribution in [3.05, 3.63) is 77.0 Å². The molecule has 0 unspecified atom stereocenters. The molecule has 1 N–H and O–H groups in total. The van der Waals surface area contributed by atoms with E-state index in [9.17, 15) is 4.79 Å². The Balaban J connectivity index is 1.67. The fraction of sp³-hybridized carbons (Fsp3) is 0.273. The highest BCUT2D eigenvalue weighted by atomic mass is 16.1. The SMILES string of the molecule is Cc1ccc(Cn2cc(C(=O)NC3CC3)c(-c3ccc(C)cc3)n2)cc1. The number of carbonyl (C=O) groups excluding carboxylic acids is 1. The summed E-state index contributed by atoms with van der Waals surface area (Å²) in [7, 11) is 0. The van der Waals surface area contributed by atoms with Crippen molar-refractivity contribution in [1.29, 1.82) is 0 Å². The normalized spacial score (nSPS) is 13.6. The van der Waals surface area contributed by atoms with Gasteiger partial charge in [-0.1, -0.05) is 59.7 Å². The highest BCUT2D eigenvalue weighted by molar-refractivity contribution is 6.00. The number of hydrogen-bond donors (Lipinski definition) is 1. The number of rotatable bonds is 5. The van der Waals surface area contributed by atoms with Crippen LogP contribution in [0.2, 0.25) is 0 Å². The molecule has 1 saturated carbocycles. The lowest BCUT2D eigenvalue weighted by Gasteiger charge is -2.04. The molecule has 4 rings (SSSR count). The molecular formula is C22H23N3O. The highest BCUT2D eigenvalue weighted by Crippen LogP contribution is 2.25. The van der Waals surface area contributed by atoms with Crippen LogP contribution in [0.5, 0.6) is 0 Å². The standard InChI is InChI=1S/C22H23N3O/c1-15-3-7-17(8-4-15)13-25-14-20(22(26)23-19-11-12-19)21(24-25)18-9-5-16(2)6-10-18/h3-10,14,19H,11-13H2,1-2H3,(H,23,26). The lowest BCUT2D eigenvalue weighted by Crippen LogP contribution is -2.25.